The predicted octanol–water partition coefficient (Wildman–Crippen LogP) is 3.93. The van der Waals surface area contributed by atoms with Crippen molar-refractivity contribution in [1.82, 2.24) is 20.1 Å². The Morgan fingerprint density at radius 1 is 1.23 bits per heavy atom. The van der Waals surface area contributed by atoms with Gasteiger partial charge in [-0.05, 0) is 42.5 Å². The van der Waals surface area contributed by atoms with E-state index in [-0.39, 0.29) is 19.1 Å². The molecular weight excluding hydrogens is 395 g/mol. The number of hydrogen-bond donors (Lipinski definition) is 2. The van der Waals surface area contributed by atoms with Gasteiger partial charge in [-0.1, -0.05) is 41.4 Å². The second kappa shape index (κ2) is 8.35. The number of H-pyrrole nitrogens is 1. The van der Waals surface area contributed by atoms with Gasteiger partial charge in [-0.15, -0.1) is 0 Å². The molecule has 0 saturated heterocycles. The Balaban J connectivity index is 1.61. The molecule has 0 bridgehead atoms. The number of hydrogen-bond acceptors (Lipinski definition) is 4. The molecule has 1 heterocycles. The van der Waals surface area contributed by atoms with Gasteiger partial charge in [0.1, 0.15) is 5.75 Å². The van der Waals surface area contributed by atoms with Gasteiger partial charge in [-0.2, -0.15) is 5.10 Å². The first kappa shape index (κ1) is 18.4. The molecule has 0 fully saturated rings. The van der Waals surface area contributed by atoms with Crippen molar-refractivity contribution >= 4 is 41.3 Å². The van der Waals surface area contributed by atoms with Crippen LogP contribution in [0.4, 0.5) is 0 Å². The first-order valence-corrected chi connectivity index (χ1v) is 8.77. The van der Waals surface area contributed by atoms with Crippen LogP contribution in [0.3, 0.4) is 0 Å². The summed E-state index contributed by atoms with van der Waals surface area (Å²) >= 11 is 17.1. The molecule has 26 heavy (non-hydrogen) atoms. The normalized spacial score (nSPS) is 10.5. The van der Waals surface area contributed by atoms with E-state index in [0.29, 0.717) is 26.4 Å². The minimum atomic E-state index is -0.315. The third-order valence-corrected chi connectivity index (χ3v) is 4.26. The van der Waals surface area contributed by atoms with Crippen molar-refractivity contribution < 1.29 is 9.53 Å². The number of aromatic nitrogens is 3. The number of halogens is 2. The Kier molecular flexibility index (Phi) is 5.92. The summed E-state index contributed by atoms with van der Waals surface area (Å²) in [6, 6.07) is 14.3. The van der Waals surface area contributed by atoms with Crippen LogP contribution in [0.25, 0.3) is 5.69 Å². The number of nitrogens with one attached hydrogen (secondary N) is 2. The van der Waals surface area contributed by atoms with Crippen molar-refractivity contribution in [2.24, 2.45) is 0 Å². The summed E-state index contributed by atoms with van der Waals surface area (Å²) in [5.41, 5.74) is 0.861. The smallest absolute Gasteiger partial charge is 0.258 e. The summed E-state index contributed by atoms with van der Waals surface area (Å²) in [4.78, 5) is 12.0. The highest BCUT2D eigenvalue weighted by molar-refractivity contribution is 7.71. The summed E-state index contributed by atoms with van der Waals surface area (Å²) in [5.74, 6) is 0.654. The Morgan fingerprint density at radius 2 is 2.00 bits per heavy atom. The molecule has 3 rings (SSSR count). The van der Waals surface area contributed by atoms with Crippen LogP contribution >= 0.6 is 35.4 Å². The summed E-state index contributed by atoms with van der Waals surface area (Å²) in [7, 11) is 0. The monoisotopic (exact) mass is 408 g/mol. The molecule has 2 N–H and O–H groups in total. The summed E-state index contributed by atoms with van der Waals surface area (Å²) in [6.07, 6.45) is 0. The zero-order valence-electron chi connectivity index (χ0n) is 13.4. The first-order chi connectivity index (χ1) is 12.5. The van der Waals surface area contributed by atoms with Crippen LogP contribution in [0.1, 0.15) is 5.82 Å². The molecule has 0 saturated carbocycles. The highest BCUT2D eigenvalue weighted by Crippen LogP contribution is 2.27. The van der Waals surface area contributed by atoms with Gasteiger partial charge in [0.25, 0.3) is 5.91 Å². The number of nitrogens with zero attached hydrogens (tertiary/aromatic N) is 2. The van der Waals surface area contributed by atoms with Crippen molar-refractivity contribution in [3.05, 3.63) is 69.2 Å². The Labute approximate surface area is 164 Å². The van der Waals surface area contributed by atoms with Crippen LogP contribution in [-0.2, 0) is 11.3 Å². The van der Waals surface area contributed by atoms with Crippen molar-refractivity contribution in [1.29, 1.82) is 0 Å². The lowest BCUT2D eigenvalue weighted by molar-refractivity contribution is -0.123. The third kappa shape index (κ3) is 4.43. The van der Waals surface area contributed by atoms with Crippen molar-refractivity contribution in [2.75, 3.05) is 6.61 Å². The lowest BCUT2D eigenvalue weighted by Gasteiger charge is -2.10. The van der Waals surface area contributed by atoms with E-state index in [1.54, 1.807) is 22.8 Å². The highest BCUT2D eigenvalue weighted by atomic mass is 35.5. The van der Waals surface area contributed by atoms with Gasteiger partial charge in [0.15, 0.2) is 17.2 Å². The van der Waals surface area contributed by atoms with Gasteiger partial charge < -0.3 is 10.1 Å². The fraction of sp³-hybridized carbons (Fsp3) is 0.118. The molecule has 0 radical (unpaired) electrons. The van der Waals surface area contributed by atoms with Crippen LogP contribution in [0, 0.1) is 4.77 Å². The number of rotatable bonds is 6. The fourth-order valence-electron chi connectivity index (χ4n) is 2.26. The molecule has 1 amide bonds. The van der Waals surface area contributed by atoms with E-state index in [2.05, 4.69) is 15.5 Å². The maximum absolute atomic E-state index is 12.0. The van der Waals surface area contributed by atoms with E-state index < -0.39 is 0 Å². The first-order valence-electron chi connectivity index (χ1n) is 7.61. The molecule has 1 aromatic heterocycles. The number of para-hydroxylation sites is 1. The van der Waals surface area contributed by atoms with Gasteiger partial charge in [-0.3, -0.25) is 14.5 Å². The SMILES string of the molecule is O=C(COc1ccc(Cl)cc1Cl)NCc1n[nH]c(=S)n1-c1ccccc1. The molecule has 3 aromatic rings. The molecule has 0 aliphatic heterocycles. The zero-order valence-corrected chi connectivity index (χ0v) is 15.7. The van der Waals surface area contributed by atoms with Crippen molar-refractivity contribution in [2.45, 2.75) is 6.54 Å². The number of benzene rings is 2. The average Bonchev–Trinajstić information content (AvgIpc) is 3.00. The number of ether oxygens (including phenoxy) is 1. The van der Waals surface area contributed by atoms with Gasteiger partial charge >= 0.3 is 0 Å². The maximum atomic E-state index is 12.0. The van der Waals surface area contributed by atoms with Crippen LogP contribution in [0.5, 0.6) is 5.75 Å². The average molecular weight is 409 g/mol. The fourth-order valence-corrected chi connectivity index (χ4v) is 2.98. The zero-order chi connectivity index (χ0) is 18.5. The summed E-state index contributed by atoms with van der Waals surface area (Å²) in [6.45, 7) is 0.0103. The molecule has 0 aliphatic carbocycles. The Bertz CT molecular complexity index is 972. The van der Waals surface area contributed by atoms with Crippen LogP contribution in [0.15, 0.2) is 48.5 Å². The second-order valence-corrected chi connectivity index (χ2v) is 6.49. The Morgan fingerprint density at radius 3 is 2.73 bits per heavy atom. The number of amides is 1. The van der Waals surface area contributed by atoms with Gasteiger partial charge in [0, 0.05) is 10.7 Å². The largest absolute Gasteiger partial charge is 0.482 e. The maximum Gasteiger partial charge on any atom is 0.258 e. The van der Waals surface area contributed by atoms with Crippen LogP contribution in [-0.4, -0.2) is 27.3 Å². The van der Waals surface area contributed by atoms with E-state index >= 15 is 0 Å². The molecule has 0 aliphatic rings. The lowest BCUT2D eigenvalue weighted by Crippen LogP contribution is -2.29. The molecule has 2 aromatic carbocycles. The summed E-state index contributed by atoms with van der Waals surface area (Å²) < 4.78 is 7.61. The van der Waals surface area contributed by atoms with Crippen LogP contribution < -0.4 is 10.1 Å². The molecule has 9 heteroatoms. The minimum absolute atomic E-state index is 0.183. The van der Waals surface area contributed by atoms with Crippen molar-refractivity contribution in [3.8, 4) is 11.4 Å². The minimum Gasteiger partial charge on any atom is -0.482 e. The summed E-state index contributed by atoms with van der Waals surface area (Å²) in [5, 5.41) is 10.5. The predicted molar refractivity (Wildman–Crippen MR) is 103 cm³/mol. The Hall–Kier alpha value is -2.35. The van der Waals surface area contributed by atoms with E-state index in [9.17, 15) is 4.79 Å². The highest BCUT2D eigenvalue weighted by Gasteiger charge is 2.11. The van der Waals surface area contributed by atoms with Gasteiger partial charge in [0.2, 0.25) is 0 Å². The molecule has 0 unspecified atom stereocenters. The van der Waals surface area contributed by atoms with E-state index in [1.165, 1.54) is 0 Å². The molecular formula is C17H14Cl2N4O2S. The van der Waals surface area contributed by atoms with Gasteiger partial charge in [0.05, 0.1) is 11.6 Å². The second-order valence-electron chi connectivity index (χ2n) is 5.26. The van der Waals surface area contributed by atoms with E-state index in [4.69, 9.17) is 40.2 Å². The van der Waals surface area contributed by atoms with E-state index in [1.807, 2.05) is 30.3 Å². The topological polar surface area (TPSA) is 71.9 Å². The quantitative estimate of drug-likeness (QED) is 0.606. The lowest BCUT2D eigenvalue weighted by atomic mass is 10.3. The van der Waals surface area contributed by atoms with Crippen LogP contribution in [0.2, 0.25) is 10.0 Å². The molecule has 0 spiro atoms. The number of carbonyl (C=O) groups excluding carboxylic acids is 1. The number of carbonyl (C=O) groups is 1. The molecule has 0 atom stereocenters. The standard InChI is InChI=1S/C17H14Cl2N4O2S/c18-11-6-7-14(13(19)8-11)25-10-16(24)20-9-15-21-22-17(26)23(15)12-4-2-1-3-5-12/h1-8H,9-10H2,(H,20,24)(H,22,26). The molecule has 134 valence electrons. The van der Waals surface area contributed by atoms with Gasteiger partial charge in [-0.25, -0.2) is 0 Å². The molecule has 6 nitrogen and oxygen atoms in total. The number of aromatic amines is 1. The van der Waals surface area contributed by atoms with E-state index in [0.717, 1.165) is 5.69 Å². The van der Waals surface area contributed by atoms with Crippen molar-refractivity contribution in [3.63, 3.8) is 0 Å². The third-order valence-electron chi connectivity index (χ3n) is 3.45.